The molecule has 3 nitrogen and oxygen atoms in total. The van der Waals surface area contributed by atoms with Crippen LogP contribution in [0.15, 0.2) is 0 Å². The van der Waals surface area contributed by atoms with Gasteiger partial charge in [-0.25, -0.2) is 0 Å². The van der Waals surface area contributed by atoms with Crippen molar-refractivity contribution in [3.63, 3.8) is 0 Å². The molecule has 1 atom stereocenters. The van der Waals surface area contributed by atoms with Crippen LogP contribution >= 0.6 is 0 Å². The third-order valence-corrected chi connectivity index (χ3v) is 2.13. The van der Waals surface area contributed by atoms with Gasteiger partial charge >= 0.3 is 0 Å². The van der Waals surface area contributed by atoms with Gasteiger partial charge in [0.05, 0.1) is 12.1 Å². The van der Waals surface area contributed by atoms with Crippen LogP contribution in [0.1, 0.15) is 33.1 Å². The predicted molar refractivity (Wildman–Crippen MR) is 58.0 cm³/mol. The normalized spacial score (nSPS) is 12.8. The molecule has 1 unspecified atom stereocenters. The molecular weight excluding hydrogens is 176 g/mol. The second kappa shape index (κ2) is 8.98. The van der Waals surface area contributed by atoms with Crippen molar-refractivity contribution >= 4 is 0 Å². The maximum absolute atomic E-state index is 8.63. The van der Waals surface area contributed by atoms with Gasteiger partial charge in [0.15, 0.2) is 0 Å². The molecule has 0 amide bonds. The van der Waals surface area contributed by atoms with Gasteiger partial charge in [0.1, 0.15) is 0 Å². The van der Waals surface area contributed by atoms with E-state index in [9.17, 15) is 0 Å². The van der Waals surface area contributed by atoms with Crippen LogP contribution < -0.4 is 5.32 Å². The van der Waals surface area contributed by atoms with Crippen molar-refractivity contribution in [1.29, 1.82) is 5.26 Å². The fraction of sp³-hybridized carbons (Fsp3) is 0.909. The Morgan fingerprint density at radius 3 is 2.50 bits per heavy atom. The van der Waals surface area contributed by atoms with Crippen LogP contribution in [0.5, 0.6) is 0 Å². The third-order valence-electron chi connectivity index (χ3n) is 2.13. The summed E-state index contributed by atoms with van der Waals surface area (Å²) in [7, 11) is 1.80. The monoisotopic (exact) mass is 198 g/mol. The number of nitrogens with one attached hydrogen (secondary N) is 1. The van der Waals surface area contributed by atoms with E-state index in [2.05, 4.69) is 25.2 Å². The topological polar surface area (TPSA) is 45.0 Å². The van der Waals surface area contributed by atoms with E-state index in [1.807, 2.05) is 0 Å². The van der Waals surface area contributed by atoms with Gasteiger partial charge < -0.3 is 10.1 Å². The van der Waals surface area contributed by atoms with E-state index in [0.717, 1.165) is 25.4 Å². The number of ether oxygens (including phenoxy) is 1. The van der Waals surface area contributed by atoms with Gasteiger partial charge in [-0.05, 0) is 32.2 Å². The molecule has 0 bridgehead atoms. The predicted octanol–water partition coefficient (Wildman–Crippen LogP) is 1.94. The molecule has 0 saturated carbocycles. The first-order chi connectivity index (χ1) is 6.70. The summed E-state index contributed by atoms with van der Waals surface area (Å²) in [5, 5.41) is 11.6. The van der Waals surface area contributed by atoms with Crippen LogP contribution in [-0.2, 0) is 4.74 Å². The minimum absolute atomic E-state index is 0.0694. The van der Waals surface area contributed by atoms with Crippen molar-refractivity contribution in [3.8, 4) is 6.07 Å². The Bertz CT molecular complexity index is 163. The molecule has 0 saturated heterocycles. The maximum atomic E-state index is 8.63. The molecule has 3 heteroatoms. The quantitative estimate of drug-likeness (QED) is 0.606. The molecule has 1 N–H and O–H groups in total. The Morgan fingerprint density at radius 2 is 2.00 bits per heavy atom. The minimum Gasteiger partial charge on any atom is -0.381 e. The van der Waals surface area contributed by atoms with Crippen molar-refractivity contribution in [2.75, 3.05) is 20.3 Å². The smallest absolute Gasteiger partial charge is 0.0972 e. The number of hydrogen-bond donors (Lipinski definition) is 1. The molecule has 0 aliphatic heterocycles. The van der Waals surface area contributed by atoms with Gasteiger partial charge in [-0.1, -0.05) is 13.8 Å². The lowest BCUT2D eigenvalue weighted by Gasteiger charge is -2.08. The summed E-state index contributed by atoms with van der Waals surface area (Å²) in [5.41, 5.74) is 0. The van der Waals surface area contributed by atoms with Crippen LogP contribution in [0.4, 0.5) is 0 Å². The van der Waals surface area contributed by atoms with Crippen LogP contribution in [-0.4, -0.2) is 26.3 Å². The average molecular weight is 198 g/mol. The Labute approximate surface area is 87.4 Å². The Morgan fingerprint density at radius 1 is 1.29 bits per heavy atom. The van der Waals surface area contributed by atoms with Crippen LogP contribution in [0.3, 0.4) is 0 Å². The fourth-order valence-corrected chi connectivity index (χ4v) is 1.17. The molecule has 0 fully saturated rings. The summed E-state index contributed by atoms with van der Waals surface area (Å²) in [6.07, 6.45) is 3.11. The zero-order chi connectivity index (χ0) is 10.8. The summed E-state index contributed by atoms with van der Waals surface area (Å²) in [6, 6.07) is 2.10. The molecule has 0 spiro atoms. The lowest BCUT2D eigenvalue weighted by molar-refractivity contribution is 0.122. The highest BCUT2D eigenvalue weighted by Gasteiger charge is 2.02. The summed E-state index contributed by atoms with van der Waals surface area (Å²) >= 11 is 0. The average Bonchev–Trinajstić information content (AvgIpc) is 2.16. The van der Waals surface area contributed by atoms with E-state index in [-0.39, 0.29) is 6.04 Å². The lowest BCUT2D eigenvalue weighted by atomic mass is 10.1. The van der Waals surface area contributed by atoms with Crippen molar-refractivity contribution in [1.82, 2.24) is 5.32 Å². The molecule has 0 aromatic heterocycles. The number of rotatable bonds is 8. The first-order valence-corrected chi connectivity index (χ1v) is 5.35. The molecule has 0 aromatic rings. The highest BCUT2D eigenvalue weighted by atomic mass is 16.5. The molecule has 82 valence electrons. The molecule has 0 aliphatic carbocycles. The zero-order valence-corrected chi connectivity index (χ0v) is 9.55. The van der Waals surface area contributed by atoms with Crippen molar-refractivity contribution in [2.45, 2.75) is 39.2 Å². The Kier molecular flexibility index (Phi) is 8.61. The summed E-state index contributed by atoms with van der Waals surface area (Å²) < 4.78 is 5.43. The minimum atomic E-state index is -0.0694. The van der Waals surface area contributed by atoms with E-state index in [4.69, 9.17) is 10.00 Å². The summed E-state index contributed by atoms with van der Waals surface area (Å²) in [5.74, 6) is 0.753. The van der Waals surface area contributed by atoms with Crippen molar-refractivity contribution in [2.24, 2.45) is 5.92 Å². The van der Waals surface area contributed by atoms with E-state index < -0.39 is 0 Å². The van der Waals surface area contributed by atoms with E-state index in [1.165, 1.54) is 6.42 Å². The summed E-state index contributed by atoms with van der Waals surface area (Å²) in [6.45, 7) is 5.93. The largest absolute Gasteiger partial charge is 0.381 e. The molecular formula is C11H22N2O. The maximum Gasteiger partial charge on any atom is 0.0972 e. The highest BCUT2D eigenvalue weighted by molar-refractivity contribution is 4.87. The Hall–Kier alpha value is -0.590. The number of hydrogen-bond acceptors (Lipinski definition) is 3. The molecule has 0 aliphatic rings. The standard InChI is InChI=1S/C11H22N2O/c1-10(2)5-4-7-14-8-6-11(9-12)13-3/h10-11,13H,4-8H2,1-3H3. The highest BCUT2D eigenvalue weighted by Crippen LogP contribution is 2.03. The number of nitriles is 1. The molecule has 0 heterocycles. The fourth-order valence-electron chi connectivity index (χ4n) is 1.17. The van der Waals surface area contributed by atoms with E-state index in [1.54, 1.807) is 7.05 Å². The van der Waals surface area contributed by atoms with Gasteiger partial charge in [0.2, 0.25) is 0 Å². The molecule has 0 rings (SSSR count). The third kappa shape index (κ3) is 8.03. The van der Waals surface area contributed by atoms with Gasteiger partial charge in [-0.15, -0.1) is 0 Å². The molecule has 14 heavy (non-hydrogen) atoms. The SMILES string of the molecule is CNC(C#N)CCOCCCC(C)C. The Balaban J connectivity index is 3.17. The molecule has 0 aromatic carbocycles. The number of nitrogens with zero attached hydrogens (tertiary/aromatic N) is 1. The lowest BCUT2D eigenvalue weighted by Crippen LogP contribution is -2.24. The van der Waals surface area contributed by atoms with Crippen molar-refractivity contribution in [3.05, 3.63) is 0 Å². The van der Waals surface area contributed by atoms with Crippen LogP contribution in [0.25, 0.3) is 0 Å². The van der Waals surface area contributed by atoms with Gasteiger partial charge in [0.25, 0.3) is 0 Å². The first kappa shape index (κ1) is 13.4. The van der Waals surface area contributed by atoms with Gasteiger partial charge in [0, 0.05) is 13.2 Å². The second-order valence-corrected chi connectivity index (χ2v) is 3.91. The van der Waals surface area contributed by atoms with Crippen LogP contribution in [0, 0.1) is 17.2 Å². The van der Waals surface area contributed by atoms with Gasteiger partial charge in [-0.2, -0.15) is 5.26 Å². The second-order valence-electron chi connectivity index (χ2n) is 3.91. The first-order valence-electron chi connectivity index (χ1n) is 5.35. The van der Waals surface area contributed by atoms with Crippen LogP contribution in [0.2, 0.25) is 0 Å². The summed E-state index contributed by atoms with van der Waals surface area (Å²) in [4.78, 5) is 0. The van der Waals surface area contributed by atoms with Gasteiger partial charge in [-0.3, -0.25) is 0 Å². The zero-order valence-electron chi connectivity index (χ0n) is 9.55. The van der Waals surface area contributed by atoms with Crippen molar-refractivity contribution < 1.29 is 4.74 Å². The molecule has 0 radical (unpaired) electrons. The van der Waals surface area contributed by atoms with E-state index in [0.29, 0.717) is 6.61 Å². The van der Waals surface area contributed by atoms with E-state index >= 15 is 0 Å².